The van der Waals surface area contributed by atoms with Gasteiger partial charge < -0.3 is 76.8 Å². The first-order valence-electron chi connectivity index (χ1n) is 30.5. The Morgan fingerprint density at radius 3 is 1.07 bits per heavy atom. The van der Waals surface area contributed by atoms with Gasteiger partial charge in [-0.2, -0.15) is 26.3 Å². The minimum atomic E-state index is -5.19. The second kappa shape index (κ2) is 56.2. The molecule has 2 aromatic rings. The summed E-state index contributed by atoms with van der Waals surface area (Å²) >= 11 is 13.2. The van der Waals surface area contributed by atoms with E-state index in [2.05, 4.69) is 94.8 Å². The van der Waals surface area contributed by atoms with Crippen molar-refractivity contribution in [3.05, 3.63) is 73.1 Å². The Balaban J connectivity index is -0.000000280. The van der Waals surface area contributed by atoms with E-state index in [1.807, 2.05) is 77.9 Å². The summed E-state index contributed by atoms with van der Waals surface area (Å²) in [6, 6.07) is 12.8. The van der Waals surface area contributed by atoms with E-state index >= 15 is 0 Å². The van der Waals surface area contributed by atoms with Crippen LogP contribution in [0.3, 0.4) is 0 Å². The number of hydrogen-bond donors (Lipinski definition) is 2. The van der Waals surface area contributed by atoms with E-state index in [0.717, 1.165) is 11.4 Å². The van der Waals surface area contributed by atoms with Crippen molar-refractivity contribution in [3.63, 3.8) is 0 Å². The number of quaternary nitrogens is 2. The van der Waals surface area contributed by atoms with Crippen LogP contribution < -0.4 is 21.7 Å². The van der Waals surface area contributed by atoms with Crippen molar-refractivity contribution < 1.29 is 146 Å². The monoisotopic (exact) mass is 1690 g/mol. The third-order valence-corrected chi connectivity index (χ3v) is 18.8. The Bertz CT molecular complexity index is 2500. The maximum atomic E-state index is 12.9. The zero-order valence-electron chi connectivity index (χ0n) is 58.9. The summed E-state index contributed by atoms with van der Waals surface area (Å²) in [7, 11) is -5.42. The number of hydrogen-bond acceptors (Lipinski definition) is 22. The van der Waals surface area contributed by atoms with Gasteiger partial charge in [-0.3, -0.25) is 33.9 Å². The van der Waals surface area contributed by atoms with Crippen molar-refractivity contribution in [2.45, 2.75) is 170 Å². The average molecular weight is 1700 g/mol. The fourth-order valence-electron chi connectivity index (χ4n) is 7.07. The molecule has 24 nitrogen and oxygen atoms in total. The Labute approximate surface area is 607 Å². The fourth-order valence-corrected chi connectivity index (χ4v) is 13.1. The summed E-state index contributed by atoms with van der Waals surface area (Å²) in [6.07, 6.45) is -5.28. The number of allylic oxidation sites excluding steroid dienone is 1. The number of alkyl halides is 8. The number of Topliss-reactive ketones (excluding diaryl/α,β-unsaturated/α-hetero) is 2. The molecule has 0 amide bonds. The van der Waals surface area contributed by atoms with E-state index in [1.54, 1.807) is 67.8 Å². The van der Waals surface area contributed by atoms with Gasteiger partial charge in [-0.1, -0.05) is 64.1 Å². The number of rotatable bonds is 35. The van der Waals surface area contributed by atoms with Crippen LogP contribution in [-0.4, -0.2) is 175 Å². The Morgan fingerprint density at radius 1 is 0.520 bits per heavy atom. The van der Waals surface area contributed by atoms with Crippen LogP contribution >= 0.6 is 46.0 Å². The molecule has 36 heteroatoms. The SMILES string of the molecule is C=C(C)C(=O)OCCC[Si](OCC)(OCC)OCC.C=C(C)C(C)=O.CC(C)(Br)C(=O)OCC[NH3+].CCO[Si](CCCOC(=O)C(C)(Br)CC(C)(CC(C)(C)C(=O)OCC[NH3+])C(C)=O)(OCC)OCC.O=C([O-])C(F)(F)F.O=C([O-])C(F)(F)F.[Cu][Br].c1ccc(-c2ccccn2)nc1. The molecule has 0 aromatic carbocycles. The molecule has 2 aromatic heterocycles. The van der Waals surface area contributed by atoms with Gasteiger partial charge in [0.05, 0.1) is 30.0 Å². The van der Waals surface area contributed by atoms with Crippen LogP contribution in [0.25, 0.3) is 11.4 Å². The van der Waals surface area contributed by atoms with Gasteiger partial charge in [-0.15, -0.1) is 0 Å². The molecule has 2 atom stereocenters. The second-order valence-electron chi connectivity index (χ2n) is 21.6. The first kappa shape index (κ1) is 105. The number of carboxylic acid groups (broad SMARTS) is 2. The van der Waals surface area contributed by atoms with Gasteiger partial charge in [-0.25, -0.2) is 4.79 Å². The molecule has 0 saturated carbocycles. The van der Waals surface area contributed by atoms with Crippen molar-refractivity contribution in [2.75, 3.05) is 79.2 Å². The molecule has 2 unspecified atom stereocenters. The molecule has 2 rings (SSSR count). The smallest absolute Gasteiger partial charge is 0.0886 e. The van der Waals surface area contributed by atoms with Gasteiger partial charge in [0, 0.05) is 75.1 Å². The normalized spacial score (nSPS) is 12.3. The molecule has 6 N–H and O–H groups in total. The predicted octanol–water partition coefficient (Wildman–Crippen LogP) is 8.53. The van der Waals surface area contributed by atoms with Gasteiger partial charge in [0.15, 0.2) is 5.78 Å². The summed E-state index contributed by atoms with van der Waals surface area (Å²) in [4.78, 5) is 96.3. The minimum absolute atomic E-state index is 0.0648. The van der Waals surface area contributed by atoms with E-state index in [1.165, 1.54) is 13.8 Å². The Kier molecular flexibility index (Phi) is 59.9. The predicted molar refractivity (Wildman–Crippen MR) is 360 cm³/mol. The fraction of sp³-hybridized carbons (Fsp3) is 0.645. The summed E-state index contributed by atoms with van der Waals surface area (Å²) in [5, 5.41) is 17.6. The summed E-state index contributed by atoms with van der Waals surface area (Å²) < 4.78 is 117. The van der Waals surface area contributed by atoms with Crippen LogP contribution in [0.1, 0.15) is 136 Å². The number of aromatic nitrogens is 2. The molecular formula is C62H102Br3CuF6N4O20Si2. The molecule has 0 aliphatic carbocycles. The number of carbonyl (C=O) groups excluding carboxylic acids is 8. The summed E-state index contributed by atoms with van der Waals surface area (Å²) in [6.45, 7) is 40.4. The molecule has 0 aliphatic rings. The molecular weight excluding hydrogens is 1590 g/mol. The van der Waals surface area contributed by atoms with Gasteiger partial charge in [0.25, 0.3) is 0 Å². The number of ketones is 2. The largest absolute Gasteiger partial charge is 0.255 e. The van der Waals surface area contributed by atoms with Crippen molar-refractivity contribution >= 4 is 111 Å². The third-order valence-electron chi connectivity index (χ3n) is 11.5. The summed E-state index contributed by atoms with van der Waals surface area (Å²) in [5.41, 5.74) is 8.22. The van der Waals surface area contributed by atoms with Crippen molar-refractivity contribution in [1.29, 1.82) is 0 Å². The van der Waals surface area contributed by atoms with Crippen LogP contribution in [0.15, 0.2) is 73.1 Å². The van der Waals surface area contributed by atoms with E-state index < -0.39 is 73.3 Å². The molecule has 0 aliphatic heterocycles. The van der Waals surface area contributed by atoms with Crippen LogP contribution in [-0.2, 0) is 98.1 Å². The van der Waals surface area contributed by atoms with Gasteiger partial charge in [0.1, 0.15) is 52.7 Å². The van der Waals surface area contributed by atoms with E-state index in [9.17, 15) is 55.1 Å². The van der Waals surface area contributed by atoms with Crippen LogP contribution in [0.5, 0.6) is 0 Å². The number of ether oxygens (including phenoxy) is 4. The van der Waals surface area contributed by atoms with Crippen molar-refractivity contribution in [3.8, 4) is 11.4 Å². The molecule has 0 saturated heterocycles. The van der Waals surface area contributed by atoms with Crippen molar-refractivity contribution in [1.82, 2.24) is 9.97 Å². The van der Waals surface area contributed by atoms with Crippen LogP contribution in [0.4, 0.5) is 26.3 Å². The molecule has 0 spiro atoms. The topological polar surface area (TPSA) is 356 Å². The second-order valence-corrected chi connectivity index (χ2v) is 30.8. The van der Waals surface area contributed by atoms with Crippen LogP contribution in [0, 0.1) is 10.8 Å². The third kappa shape index (κ3) is 52.6. The molecule has 2 heterocycles. The summed E-state index contributed by atoms with van der Waals surface area (Å²) in [5.74, 6) is -7.53. The zero-order chi connectivity index (χ0) is 77.8. The minimum Gasteiger partial charge on any atom is -0.255 e. The number of nitrogens with zero attached hydrogens (tertiary/aromatic N) is 2. The quantitative estimate of drug-likeness (QED) is 0.0124. The van der Waals surface area contributed by atoms with Gasteiger partial charge in [-0.05, 0) is 159 Å². The zero-order valence-corrected chi connectivity index (χ0v) is 66.6. The maximum Gasteiger partial charge on any atom is 0.0886 e. The number of halogens is 9. The maximum absolute atomic E-state index is 12.9. The first-order valence-corrected chi connectivity index (χ1v) is 38.2. The number of carboxylic acids is 2. The number of esters is 4. The Morgan fingerprint density at radius 2 is 0.827 bits per heavy atom. The number of pyridine rings is 2. The van der Waals surface area contributed by atoms with Gasteiger partial charge in [0.2, 0.25) is 0 Å². The van der Waals surface area contributed by atoms with E-state index in [4.69, 9.17) is 65.3 Å². The van der Waals surface area contributed by atoms with Crippen molar-refractivity contribution in [2.24, 2.45) is 10.8 Å². The molecule has 0 fully saturated rings. The molecule has 0 radical (unpaired) electrons. The van der Waals surface area contributed by atoms with E-state index in [-0.39, 0.29) is 49.6 Å². The van der Waals surface area contributed by atoms with Gasteiger partial charge >= 0.3 is 82.2 Å². The average Bonchev–Trinajstić information content (AvgIpc) is 0.796. The molecule has 98 heavy (non-hydrogen) atoms. The number of aliphatic carboxylic acids is 2. The molecule has 572 valence electrons. The Hall–Kier alpha value is -4.41. The number of carbonyl (C=O) groups is 8. The first-order chi connectivity index (χ1) is 45.1. The molecule has 0 bridgehead atoms. The van der Waals surface area contributed by atoms with Crippen LogP contribution in [0.2, 0.25) is 12.1 Å². The van der Waals surface area contributed by atoms with E-state index in [0.29, 0.717) is 102 Å². The standard InChI is InChI=1S/C24H46BrNO8Si.C13H26O5Si.C10H8N2.C6H12BrNO2.C5H8O.2C2HF3O2.BrH.Cu/c1-9-32-35(33-10-2,34-11-3)16-12-14-30-21(29)24(8,25)18-23(7,19(4)27)17-22(5,6)20(28)31-15-13-26;1-6-16-19(17-7-2,18-8-3)11-9-10-15-13(14)12(4)5;1-3-7-11-9(5-1)10-6-2-4-8-12-10;1-6(2,7)5(9)10-4-3-8;1-4(2)5(3)6;2*3-2(4,5)1(6)7;;/h9-18,26H2,1-8H3;4,6-11H2,1-3,5H3;1-8H;3-4,8H2,1-2H3;1H2,2-3H3;2*(H,6,7);1H;/q;;;;;;;;+1/p-1.